The summed E-state index contributed by atoms with van der Waals surface area (Å²) in [5.41, 5.74) is 1.53. The van der Waals surface area contributed by atoms with Gasteiger partial charge in [0.15, 0.2) is 10.8 Å². The third kappa shape index (κ3) is 5.69. The van der Waals surface area contributed by atoms with E-state index in [-0.39, 0.29) is 23.1 Å². The molecular weight excluding hydrogens is 416 g/mol. The van der Waals surface area contributed by atoms with Crippen LogP contribution in [-0.4, -0.2) is 39.3 Å². The predicted molar refractivity (Wildman–Crippen MR) is 119 cm³/mol. The minimum Gasteiger partial charge on any atom is -0.465 e. The maximum atomic E-state index is 12.9. The molecule has 0 aliphatic carbocycles. The first-order chi connectivity index (χ1) is 14.9. The number of benzene rings is 1. The number of nitrogens with one attached hydrogen (secondary N) is 1. The smallest absolute Gasteiger partial charge is 0.337 e. The van der Waals surface area contributed by atoms with Crippen LogP contribution in [0.25, 0.3) is 11.0 Å². The standard InChI is InChI=1S/C22H24N4O4S/c1-14(2)12-26-20(28)17-5-4-10-23-19(17)25-22(26)31-13-18(27)24-11-15-6-8-16(9-7-15)21(29)30-3/h4-10,14H,11-13H2,1-3H3,(H,24,27). The SMILES string of the molecule is COC(=O)c1ccc(CNC(=O)CSc2nc3ncccc3c(=O)n2CC(C)C)cc1. The summed E-state index contributed by atoms with van der Waals surface area (Å²) in [6.07, 6.45) is 1.59. The summed E-state index contributed by atoms with van der Waals surface area (Å²) in [7, 11) is 1.33. The van der Waals surface area contributed by atoms with Crippen LogP contribution in [0.5, 0.6) is 0 Å². The van der Waals surface area contributed by atoms with Crippen LogP contribution in [0.2, 0.25) is 0 Å². The number of aromatic nitrogens is 3. The van der Waals surface area contributed by atoms with Crippen molar-refractivity contribution in [2.24, 2.45) is 5.92 Å². The highest BCUT2D eigenvalue weighted by Crippen LogP contribution is 2.18. The lowest BCUT2D eigenvalue weighted by atomic mass is 10.1. The van der Waals surface area contributed by atoms with Crippen molar-refractivity contribution in [1.82, 2.24) is 19.9 Å². The van der Waals surface area contributed by atoms with E-state index >= 15 is 0 Å². The quantitative estimate of drug-likeness (QED) is 0.326. The van der Waals surface area contributed by atoms with Gasteiger partial charge in [0.05, 0.1) is 23.8 Å². The zero-order valence-corrected chi connectivity index (χ0v) is 18.4. The first-order valence-electron chi connectivity index (χ1n) is 9.81. The van der Waals surface area contributed by atoms with Gasteiger partial charge in [-0.1, -0.05) is 37.7 Å². The van der Waals surface area contributed by atoms with Gasteiger partial charge in [-0.3, -0.25) is 14.2 Å². The van der Waals surface area contributed by atoms with Crippen molar-refractivity contribution >= 4 is 34.7 Å². The monoisotopic (exact) mass is 440 g/mol. The second-order valence-corrected chi connectivity index (χ2v) is 8.27. The van der Waals surface area contributed by atoms with Crippen LogP contribution in [0, 0.1) is 5.92 Å². The number of hydrogen-bond acceptors (Lipinski definition) is 7. The van der Waals surface area contributed by atoms with Crippen molar-refractivity contribution in [2.75, 3.05) is 12.9 Å². The molecule has 0 aliphatic rings. The fraction of sp³-hybridized carbons (Fsp3) is 0.318. The van der Waals surface area contributed by atoms with Crippen LogP contribution in [0.4, 0.5) is 0 Å². The molecule has 1 aromatic carbocycles. The van der Waals surface area contributed by atoms with E-state index in [4.69, 9.17) is 0 Å². The number of hydrogen-bond donors (Lipinski definition) is 1. The number of thioether (sulfide) groups is 1. The van der Waals surface area contributed by atoms with E-state index in [2.05, 4.69) is 20.0 Å². The molecule has 0 saturated heterocycles. The third-order valence-corrected chi connectivity index (χ3v) is 5.42. The number of rotatable bonds is 8. The van der Waals surface area contributed by atoms with Crippen LogP contribution in [-0.2, 0) is 22.6 Å². The van der Waals surface area contributed by atoms with Gasteiger partial charge in [0.25, 0.3) is 5.56 Å². The fourth-order valence-electron chi connectivity index (χ4n) is 2.93. The van der Waals surface area contributed by atoms with E-state index in [1.807, 2.05) is 13.8 Å². The van der Waals surface area contributed by atoms with Gasteiger partial charge in [0.2, 0.25) is 5.91 Å². The van der Waals surface area contributed by atoms with E-state index in [1.165, 1.54) is 18.9 Å². The molecule has 0 saturated carbocycles. The first-order valence-corrected chi connectivity index (χ1v) is 10.8. The van der Waals surface area contributed by atoms with Crippen LogP contribution < -0.4 is 10.9 Å². The Bertz CT molecular complexity index is 1140. The number of carbonyl (C=O) groups is 2. The highest BCUT2D eigenvalue weighted by Gasteiger charge is 2.15. The number of amides is 1. The Labute approximate surface area is 184 Å². The number of ether oxygens (including phenoxy) is 1. The molecule has 0 unspecified atom stereocenters. The van der Waals surface area contributed by atoms with E-state index in [0.717, 1.165) is 5.56 Å². The van der Waals surface area contributed by atoms with Crippen LogP contribution in [0.3, 0.4) is 0 Å². The molecule has 31 heavy (non-hydrogen) atoms. The van der Waals surface area contributed by atoms with Crippen molar-refractivity contribution in [1.29, 1.82) is 0 Å². The summed E-state index contributed by atoms with van der Waals surface area (Å²) < 4.78 is 6.28. The number of pyridine rings is 1. The molecule has 3 aromatic rings. The van der Waals surface area contributed by atoms with Crippen molar-refractivity contribution in [3.63, 3.8) is 0 Å². The number of esters is 1. The largest absolute Gasteiger partial charge is 0.465 e. The van der Waals surface area contributed by atoms with Gasteiger partial charge in [0, 0.05) is 19.3 Å². The fourth-order valence-corrected chi connectivity index (χ4v) is 3.76. The molecule has 0 bridgehead atoms. The zero-order valence-electron chi connectivity index (χ0n) is 17.6. The van der Waals surface area contributed by atoms with E-state index in [1.54, 1.807) is 47.2 Å². The van der Waals surface area contributed by atoms with Gasteiger partial charge in [0.1, 0.15) is 0 Å². The second-order valence-electron chi connectivity index (χ2n) is 7.33. The number of methoxy groups -OCH3 is 1. The summed E-state index contributed by atoms with van der Waals surface area (Å²) in [4.78, 5) is 45.4. The molecule has 8 nitrogen and oxygen atoms in total. The molecule has 0 aliphatic heterocycles. The number of carbonyl (C=O) groups excluding carboxylic acids is 2. The summed E-state index contributed by atoms with van der Waals surface area (Å²) >= 11 is 1.21. The Hall–Kier alpha value is -3.20. The minimum atomic E-state index is -0.406. The highest BCUT2D eigenvalue weighted by atomic mass is 32.2. The lowest BCUT2D eigenvalue weighted by Crippen LogP contribution is -2.28. The summed E-state index contributed by atoms with van der Waals surface area (Å²) in [6, 6.07) is 10.2. The van der Waals surface area contributed by atoms with Gasteiger partial charge in [-0.2, -0.15) is 0 Å². The van der Waals surface area contributed by atoms with Crippen molar-refractivity contribution in [2.45, 2.75) is 32.1 Å². The van der Waals surface area contributed by atoms with E-state index < -0.39 is 5.97 Å². The molecule has 0 radical (unpaired) electrons. The Morgan fingerprint density at radius 3 is 2.61 bits per heavy atom. The average Bonchev–Trinajstić information content (AvgIpc) is 2.78. The van der Waals surface area contributed by atoms with Crippen LogP contribution in [0.15, 0.2) is 52.5 Å². The Morgan fingerprint density at radius 1 is 1.19 bits per heavy atom. The molecule has 0 fully saturated rings. The zero-order chi connectivity index (χ0) is 22.4. The van der Waals surface area contributed by atoms with E-state index in [0.29, 0.717) is 34.8 Å². The topological polar surface area (TPSA) is 103 Å². The maximum Gasteiger partial charge on any atom is 0.337 e. The molecule has 9 heteroatoms. The Kier molecular flexibility index (Phi) is 7.41. The van der Waals surface area contributed by atoms with Crippen molar-refractivity contribution in [3.05, 3.63) is 64.1 Å². The lowest BCUT2D eigenvalue weighted by Gasteiger charge is -2.14. The molecule has 2 heterocycles. The average molecular weight is 441 g/mol. The third-order valence-electron chi connectivity index (χ3n) is 4.44. The predicted octanol–water partition coefficient (Wildman–Crippen LogP) is 2.64. The Morgan fingerprint density at radius 2 is 1.94 bits per heavy atom. The summed E-state index contributed by atoms with van der Waals surface area (Å²) in [6.45, 7) is 4.87. The van der Waals surface area contributed by atoms with E-state index in [9.17, 15) is 14.4 Å². The van der Waals surface area contributed by atoms with Crippen molar-refractivity contribution in [3.8, 4) is 0 Å². The lowest BCUT2D eigenvalue weighted by molar-refractivity contribution is -0.118. The maximum absolute atomic E-state index is 12.9. The molecule has 1 N–H and O–H groups in total. The van der Waals surface area contributed by atoms with Gasteiger partial charge in [-0.25, -0.2) is 14.8 Å². The molecule has 1 amide bonds. The molecule has 0 atom stereocenters. The first kappa shape index (κ1) is 22.5. The van der Waals surface area contributed by atoms with Crippen LogP contribution >= 0.6 is 11.8 Å². The Balaban J connectivity index is 1.66. The van der Waals surface area contributed by atoms with Crippen molar-refractivity contribution < 1.29 is 14.3 Å². The summed E-state index contributed by atoms with van der Waals surface area (Å²) in [5.74, 6) is -0.233. The second kappa shape index (κ2) is 10.2. The number of nitrogens with zero attached hydrogens (tertiary/aromatic N) is 3. The summed E-state index contributed by atoms with van der Waals surface area (Å²) in [5, 5.41) is 3.78. The van der Waals surface area contributed by atoms with Crippen LogP contribution in [0.1, 0.15) is 29.8 Å². The molecular formula is C22H24N4O4S. The number of fused-ring (bicyclic) bond motifs is 1. The molecule has 162 valence electrons. The molecule has 2 aromatic heterocycles. The van der Waals surface area contributed by atoms with Gasteiger partial charge < -0.3 is 10.1 Å². The minimum absolute atomic E-state index is 0.114. The normalized spacial score (nSPS) is 11.0. The highest BCUT2D eigenvalue weighted by molar-refractivity contribution is 7.99. The molecule has 0 spiro atoms. The van der Waals surface area contributed by atoms with Gasteiger partial charge in [-0.05, 0) is 35.7 Å². The van der Waals surface area contributed by atoms with Gasteiger partial charge >= 0.3 is 5.97 Å². The van der Waals surface area contributed by atoms with Gasteiger partial charge in [-0.15, -0.1) is 0 Å². The molecule has 3 rings (SSSR count).